The largest absolute Gasteiger partial charge is 0.490 e. The predicted octanol–water partition coefficient (Wildman–Crippen LogP) is 6.98. The molecule has 10 nitrogen and oxygen atoms in total. The number of hydrogen-bond acceptors (Lipinski definition) is 6. The lowest BCUT2D eigenvalue weighted by molar-refractivity contribution is -0.115. The van der Waals surface area contributed by atoms with E-state index in [4.69, 9.17) is 9.47 Å². The van der Waals surface area contributed by atoms with E-state index >= 15 is 0 Å². The van der Waals surface area contributed by atoms with Crippen LogP contribution in [-0.2, 0) is 16.0 Å². The van der Waals surface area contributed by atoms with E-state index in [1.54, 1.807) is 42.0 Å². The van der Waals surface area contributed by atoms with Gasteiger partial charge in [-0.05, 0) is 68.3 Å². The maximum atomic E-state index is 14.4. The summed E-state index contributed by atoms with van der Waals surface area (Å²) in [6.07, 6.45) is 2.02. The van der Waals surface area contributed by atoms with Crippen LogP contribution in [0.15, 0.2) is 91.0 Å². The van der Waals surface area contributed by atoms with Gasteiger partial charge in [0.15, 0.2) is 0 Å². The number of rotatable bonds is 8. The van der Waals surface area contributed by atoms with Gasteiger partial charge < -0.3 is 35.0 Å². The number of hydrogen-bond donors (Lipinski definition) is 3. The molecule has 4 aromatic carbocycles. The van der Waals surface area contributed by atoms with E-state index in [1.807, 2.05) is 86.6 Å². The summed E-state index contributed by atoms with van der Waals surface area (Å²) in [4.78, 5) is 44.1. The number of ether oxygens (including phenoxy) is 2. The molecule has 0 aliphatic carbocycles. The Hall–Kier alpha value is -4.93. The number of amides is 4. The number of nitrogens with one attached hydrogen (secondary N) is 2. The zero-order valence-corrected chi connectivity index (χ0v) is 30.0. The van der Waals surface area contributed by atoms with Crippen molar-refractivity contribution in [1.82, 2.24) is 9.80 Å². The molecular weight excluding hydrogens is 644 g/mol. The van der Waals surface area contributed by atoms with E-state index < -0.39 is 12.1 Å². The molecule has 0 unspecified atom stereocenters. The molecule has 1 aliphatic heterocycles. The fourth-order valence-electron chi connectivity index (χ4n) is 6.35. The Morgan fingerprint density at radius 1 is 0.961 bits per heavy atom. The minimum Gasteiger partial charge on any atom is -0.490 e. The summed E-state index contributed by atoms with van der Waals surface area (Å²) in [6.45, 7) is 6.55. The van der Waals surface area contributed by atoms with Crippen LogP contribution in [0, 0.1) is 5.92 Å². The summed E-state index contributed by atoms with van der Waals surface area (Å²) in [6, 6.07) is 27.5. The number of benzene rings is 4. The van der Waals surface area contributed by atoms with E-state index in [0.717, 1.165) is 41.3 Å². The average Bonchev–Trinajstić information content (AvgIpc) is 3.13. The van der Waals surface area contributed by atoms with Crippen molar-refractivity contribution in [3.63, 3.8) is 0 Å². The molecule has 51 heavy (non-hydrogen) atoms. The van der Waals surface area contributed by atoms with Crippen LogP contribution in [0.3, 0.4) is 0 Å². The number of likely N-dealkylation sites (N-methyl/N-ethyl adjacent to an activating group) is 1. The van der Waals surface area contributed by atoms with Gasteiger partial charge >= 0.3 is 6.03 Å². The molecule has 0 saturated carbocycles. The van der Waals surface area contributed by atoms with Crippen LogP contribution in [0.5, 0.6) is 5.75 Å². The summed E-state index contributed by atoms with van der Waals surface area (Å²) in [5.74, 6) is -0.323. The molecule has 270 valence electrons. The van der Waals surface area contributed by atoms with Gasteiger partial charge in [0.05, 0.1) is 42.5 Å². The van der Waals surface area contributed by atoms with Crippen molar-refractivity contribution in [3.05, 3.63) is 102 Å². The summed E-state index contributed by atoms with van der Waals surface area (Å²) in [5.41, 5.74) is 2.38. The highest BCUT2D eigenvalue weighted by atomic mass is 16.5. The van der Waals surface area contributed by atoms with E-state index in [1.165, 1.54) is 0 Å². The van der Waals surface area contributed by atoms with Crippen LogP contribution in [0.2, 0.25) is 0 Å². The maximum Gasteiger partial charge on any atom is 0.321 e. The highest BCUT2D eigenvalue weighted by molar-refractivity contribution is 6.02. The quantitative estimate of drug-likeness (QED) is 0.183. The SMILES string of the molecule is C[C@@H]1CCCCO[C@H](CN(C)C(=O)Nc2cccc3ccccc23)[C@H](C)CN([C@H](C)CO)C(=O)c2cc(NC(=O)Cc3ccccc3)ccc2O1. The number of aliphatic hydroxyl groups excluding tert-OH is 1. The molecule has 0 spiro atoms. The minimum atomic E-state index is -0.525. The van der Waals surface area contributed by atoms with Crippen molar-refractivity contribution >= 4 is 40.0 Å². The van der Waals surface area contributed by atoms with Gasteiger partial charge in [0.2, 0.25) is 5.91 Å². The lowest BCUT2D eigenvalue weighted by atomic mass is 10.0. The van der Waals surface area contributed by atoms with Crippen molar-refractivity contribution in [1.29, 1.82) is 0 Å². The fourth-order valence-corrected chi connectivity index (χ4v) is 6.35. The van der Waals surface area contributed by atoms with Gasteiger partial charge in [0.25, 0.3) is 5.91 Å². The second-order valence-corrected chi connectivity index (χ2v) is 13.6. The van der Waals surface area contributed by atoms with Crippen LogP contribution in [-0.4, -0.2) is 84.4 Å². The Morgan fingerprint density at radius 3 is 2.49 bits per heavy atom. The number of fused-ring (bicyclic) bond motifs is 2. The van der Waals surface area contributed by atoms with Crippen molar-refractivity contribution in [3.8, 4) is 5.75 Å². The van der Waals surface area contributed by atoms with Gasteiger partial charge in [-0.25, -0.2) is 4.79 Å². The van der Waals surface area contributed by atoms with Gasteiger partial charge in [-0.15, -0.1) is 0 Å². The third kappa shape index (κ3) is 10.1. The summed E-state index contributed by atoms with van der Waals surface area (Å²) < 4.78 is 12.8. The molecule has 3 N–H and O–H groups in total. The van der Waals surface area contributed by atoms with Crippen LogP contribution in [0.25, 0.3) is 10.8 Å². The second kappa shape index (κ2) is 17.8. The maximum absolute atomic E-state index is 14.4. The Morgan fingerprint density at radius 2 is 1.71 bits per heavy atom. The zero-order valence-electron chi connectivity index (χ0n) is 30.0. The monoisotopic (exact) mass is 694 g/mol. The number of aliphatic hydroxyl groups is 1. The first kappa shape index (κ1) is 37.3. The van der Waals surface area contributed by atoms with Crippen LogP contribution in [0.1, 0.15) is 56.0 Å². The zero-order chi connectivity index (χ0) is 36.3. The normalized spacial score (nSPS) is 19.3. The third-order valence-electron chi connectivity index (χ3n) is 9.37. The molecule has 1 aliphatic rings. The van der Waals surface area contributed by atoms with Crippen molar-refractivity contribution < 1.29 is 29.0 Å². The van der Waals surface area contributed by atoms with E-state index in [0.29, 0.717) is 30.2 Å². The van der Waals surface area contributed by atoms with Crippen molar-refractivity contribution in [2.75, 3.05) is 44.0 Å². The Labute approximate surface area is 300 Å². The first-order valence-corrected chi connectivity index (χ1v) is 17.8. The fraction of sp³-hybridized carbons (Fsp3) is 0.390. The molecule has 1 heterocycles. The lowest BCUT2D eigenvalue weighted by Crippen LogP contribution is -2.48. The van der Waals surface area contributed by atoms with Gasteiger partial charge in [0.1, 0.15) is 5.75 Å². The summed E-state index contributed by atoms with van der Waals surface area (Å²) in [7, 11) is 1.74. The molecule has 10 heteroatoms. The van der Waals surface area contributed by atoms with Gasteiger partial charge in [0, 0.05) is 43.7 Å². The second-order valence-electron chi connectivity index (χ2n) is 13.6. The van der Waals surface area contributed by atoms with Crippen molar-refractivity contribution in [2.24, 2.45) is 5.92 Å². The predicted molar refractivity (Wildman–Crippen MR) is 201 cm³/mol. The molecule has 0 aromatic heterocycles. The molecule has 5 rings (SSSR count). The molecular formula is C41H50N4O6. The molecule has 4 amide bonds. The van der Waals surface area contributed by atoms with Crippen molar-refractivity contribution in [2.45, 2.75) is 64.7 Å². The van der Waals surface area contributed by atoms with Crippen LogP contribution in [0.4, 0.5) is 16.2 Å². The Balaban J connectivity index is 1.37. The number of carbonyl (C=O) groups is 3. The lowest BCUT2D eigenvalue weighted by Gasteiger charge is -2.35. The molecule has 4 atom stereocenters. The smallest absolute Gasteiger partial charge is 0.321 e. The number of carbonyl (C=O) groups excluding carboxylic acids is 3. The van der Waals surface area contributed by atoms with E-state index in [2.05, 4.69) is 10.6 Å². The minimum absolute atomic E-state index is 0.180. The topological polar surface area (TPSA) is 120 Å². The highest BCUT2D eigenvalue weighted by Gasteiger charge is 2.31. The first-order chi connectivity index (χ1) is 24.6. The molecule has 0 fully saturated rings. The number of anilines is 2. The number of urea groups is 1. The molecule has 0 saturated heterocycles. The molecule has 0 radical (unpaired) electrons. The molecule has 0 bridgehead atoms. The Kier molecular flexibility index (Phi) is 13.0. The number of nitrogens with zero attached hydrogens (tertiary/aromatic N) is 2. The third-order valence-corrected chi connectivity index (χ3v) is 9.37. The summed E-state index contributed by atoms with van der Waals surface area (Å²) in [5, 5.41) is 18.3. The van der Waals surface area contributed by atoms with Gasteiger partial charge in [-0.3, -0.25) is 9.59 Å². The average molecular weight is 695 g/mol. The molecule has 4 aromatic rings. The first-order valence-electron chi connectivity index (χ1n) is 17.8. The Bertz CT molecular complexity index is 1780. The van der Waals surface area contributed by atoms with Crippen LogP contribution >= 0.6 is 0 Å². The van der Waals surface area contributed by atoms with Gasteiger partial charge in [-0.2, -0.15) is 0 Å². The van der Waals surface area contributed by atoms with Gasteiger partial charge in [-0.1, -0.05) is 73.7 Å². The van der Waals surface area contributed by atoms with Crippen LogP contribution < -0.4 is 15.4 Å². The highest BCUT2D eigenvalue weighted by Crippen LogP contribution is 2.29. The van der Waals surface area contributed by atoms with E-state index in [9.17, 15) is 19.5 Å². The van der Waals surface area contributed by atoms with E-state index in [-0.39, 0.29) is 49.4 Å². The summed E-state index contributed by atoms with van der Waals surface area (Å²) >= 11 is 0. The standard InChI is InChI=1S/C41H50N4O6/c1-28-25-45(29(2)27-46)40(48)35-24-33(42-39(47)23-31-14-6-5-7-15-31)20-21-37(35)51-30(3)13-10-11-22-50-38(28)26-44(4)41(49)43-36-19-12-17-32-16-8-9-18-34(32)36/h5-9,12,14-21,24,28-30,38,46H,10-11,13,22-23,25-27H2,1-4H3,(H,42,47)(H,43,49)/t28-,29-,30-,38-/m1/s1.